The molecular weight excluding hydrogens is 534 g/mol. The molecule has 2 saturated heterocycles. The van der Waals surface area contributed by atoms with Gasteiger partial charge in [0, 0.05) is 54.3 Å². The van der Waals surface area contributed by atoms with Gasteiger partial charge in [0.1, 0.15) is 16.6 Å². The SMILES string of the molecule is CN1CC[C@@H](N(C)[C@@H]2CCN(c3ncc4c5c(c(-c6ncc(F)c7sc(N)c(C#N)c67)c(F)c4n3)COC5)C2)C1. The van der Waals surface area contributed by atoms with Crippen LogP contribution in [0, 0.1) is 23.0 Å². The van der Waals surface area contributed by atoms with Crippen molar-refractivity contribution in [3.05, 3.63) is 40.7 Å². The Kier molecular flexibility index (Phi) is 6.08. The van der Waals surface area contributed by atoms with Crippen molar-refractivity contribution in [1.82, 2.24) is 24.8 Å². The molecule has 206 valence electrons. The fourth-order valence-corrected chi connectivity index (χ4v) is 7.41. The van der Waals surface area contributed by atoms with Gasteiger partial charge in [-0.25, -0.2) is 18.7 Å². The average molecular weight is 563 g/mol. The Balaban J connectivity index is 1.32. The number of nitrogen functional groups attached to an aromatic ring is 1. The summed E-state index contributed by atoms with van der Waals surface area (Å²) < 4.78 is 37.2. The van der Waals surface area contributed by atoms with E-state index in [9.17, 15) is 9.65 Å². The number of thiophene rings is 1. The van der Waals surface area contributed by atoms with E-state index in [0.29, 0.717) is 29.0 Å². The number of benzene rings is 1. The summed E-state index contributed by atoms with van der Waals surface area (Å²) in [6.07, 6.45) is 4.87. The number of hydrogen-bond acceptors (Lipinski definition) is 10. The number of nitrogens with zero attached hydrogens (tertiary/aromatic N) is 7. The molecule has 12 heteroatoms. The molecule has 0 spiro atoms. The minimum atomic E-state index is -0.603. The van der Waals surface area contributed by atoms with Crippen molar-refractivity contribution in [3.8, 4) is 17.3 Å². The van der Waals surface area contributed by atoms with E-state index in [2.05, 4.69) is 38.8 Å². The molecule has 0 aliphatic carbocycles. The Hall–Kier alpha value is -3.50. The second-order valence-electron chi connectivity index (χ2n) is 10.9. The topological polar surface area (TPSA) is 107 Å². The number of rotatable bonds is 4. The summed E-state index contributed by atoms with van der Waals surface area (Å²) in [6, 6.07) is 2.95. The van der Waals surface area contributed by atoms with E-state index in [0.717, 1.165) is 62.1 Å². The Morgan fingerprint density at radius 3 is 2.67 bits per heavy atom. The van der Waals surface area contributed by atoms with Crippen molar-refractivity contribution in [1.29, 1.82) is 5.26 Å². The molecule has 3 aromatic heterocycles. The normalized spacial score (nSPS) is 21.2. The summed E-state index contributed by atoms with van der Waals surface area (Å²) in [5.41, 5.74) is 8.04. The number of nitriles is 1. The molecule has 4 aromatic rings. The lowest BCUT2D eigenvalue weighted by atomic mass is 9.94. The number of halogens is 2. The van der Waals surface area contributed by atoms with Gasteiger partial charge in [-0.2, -0.15) is 5.26 Å². The zero-order valence-electron chi connectivity index (χ0n) is 22.2. The number of aromatic nitrogens is 3. The van der Waals surface area contributed by atoms with Crippen LogP contribution in [0.5, 0.6) is 0 Å². The van der Waals surface area contributed by atoms with Crippen LogP contribution in [-0.2, 0) is 18.0 Å². The Bertz CT molecular complexity index is 1720. The maximum Gasteiger partial charge on any atom is 0.226 e. The molecule has 3 aliphatic rings. The fourth-order valence-electron chi connectivity index (χ4n) is 6.49. The summed E-state index contributed by atoms with van der Waals surface area (Å²) in [5.74, 6) is -0.711. The van der Waals surface area contributed by atoms with Gasteiger partial charge in [0.05, 0.1) is 35.4 Å². The molecule has 0 unspecified atom stereocenters. The highest BCUT2D eigenvalue weighted by Gasteiger charge is 2.34. The maximum atomic E-state index is 16.6. The zero-order valence-corrected chi connectivity index (χ0v) is 23.1. The minimum Gasteiger partial charge on any atom is -0.389 e. The van der Waals surface area contributed by atoms with E-state index in [-0.39, 0.29) is 50.6 Å². The van der Waals surface area contributed by atoms with Crippen molar-refractivity contribution in [3.63, 3.8) is 0 Å². The van der Waals surface area contributed by atoms with Crippen molar-refractivity contribution < 1.29 is 13.5 Å². The third-order valence-corrected chi connectivity index (χ3v) is 9.72. The number of likely N-dealkylation sites (tertiary alicyclic amines) is 1. The van der Waals surface area contributed by atoms with Crippen molar-refractivity contribution in [2.45, 2.75) is 38.1 Å². The second-order valence-corrected chi connectivity index (χ2v) is 12.0. The van der Waals surface area contributed by atoms with E-state index in [1.54, 1.807) is 6.20 Å². The largest absolute Gasteiger partial charge is 0.389 e. The van der Waals surface area contributed by atoms with Gasteiger partial charge >= 0.3 is 0 Å². The van der Waals surface area contributed by atoms with E-state index >= 15 is 4.39 Å². The average Bonchev–Trinajstić information content (AvgIpc) is 3.76. The summed E-state index contributed by atoms with van der Waals surface area (Å²) in [5, 5.41) is 10.8. The fraction of sp³-hybridized carbons (Fsp3) is 0.429. The lowest BCUT2D eigenvalue weighted by Crippen LogP contribution is -2.43. The predicted octanol–water partition coefficient (Wildman–Crippen LogP) is 3.88. The molecule has 2 fully saturated rings. The highest BCUT2D eigenvalue weighted by atomic mass is 32.1. The molecule has 7 rings (SSSR count). The first-order chi connectivity index (χ1) is 19.4. The number of hydrogen-bond donors (Lipinski definition) is 1. The molecule has 0 radical (unpaired) electrons. The minimum absolute atomic E-state index is 0.0956. The van der Waals surface area contributed by atoms with Crippen LogP contribution in [0.15, 0.2) is 12.4 Å². The van der Waals surface area contributed by atoms with Gasteiger partial charge in [-0.3, -0.25) is 9.88 Å². The summed E-state index contributed by atoms with van der Waals surface area (Å²) in [4.78, 5) is 20.6. The summed E-state index contributed by atoms with van der Waals surface area (Å²) in [6.45, 7) is 4.16. The van der Waals surface area contributed by atoms with Crippen LogP contribution in [0.3, 0.4) is 0 Å². The summed E-state index contributed by atoms with van der Waals surface area (Å²) in [7, 11) is 4.35. The van der Waals surface area contributed by atoms with Crippen LogP contribution in [0.1, 0.15) is 29.5 Å². The number of likely N-dealkylation sites (N-methyl/N-ethyl adjacent to an activating group) is 2. The van der Waals surface area contributed by atoms with Crippen LogP contribution in [-0.4, -0.2) is 77.1 Å². The first kappa shape index (κ1) is 25.5. The third-order valence-electron chi connectivity index (χ3n) is 8.70. The highest BCUT2D eigenvalue weighted by Crippen LogP contribution is 2.45. The molecule has 2 atom stereocenters. The van der Waals surface area contributed by atoms with Gasteiger partial charge in [0.25, 0.3) is 0 Å². The first-order valence-corrected chi connectivity index (χ1v) is 14.2. The monoisotopic (exact) mass is 562 g/mol. The molecule has 0 saturated carbocycles. The third kappa shape index (κ3) is 3.83. The molecule has 6 heterocycles. The van der Waals surface area contributed by atoms with Crippen LogP contribution < -0.4 is 10.6 Å². The van der Waals surface area contributed by atoms with Gasteiger partial charge in [-0.05, 0) is 44.6 Å². The Labute approximate surface area is 233 Å². The zero-order chi connectivity index (χ0) is 27.7. The van der Waals surface area contributed by atoms with Crippen LogP contribution in [0.25, 0.3) is 32.2 Å². The standard InChI is InChI=1S/C28H28F2N8OS/c1-36-5-3-14(10-36)37(2)15-4-6-38(11-15)28-34-8-17-18-12-39-13-19(18)21(23(30)24(17)35-28)25-22-16(7-31)27(32)40-26(22)20(29)9-33-25/h8-9,14-15H,3-6,10-13,32H2,1-2H3/t14-,15-/m1/s1. The second kappa shape index (κ2) is 9.55. The van der Waals surface area contributed by atoms with E-state index in [1.807, 2.05) is 6.07 Å². The lowest BCUT2D eigenvalue weighted by molar-refractivity contribution is 0.135. The van der Waals surface area contributed by atoms with E-state index in [4.69, 9.17) is 15.5 Å². The first-order valence-electron chi connectivity index (χ1n) is 13.4. The van der Waals surface area contributed by atoms with Crippen molar-refractivity contribution in [2.24, 2.45) is 0 Å². The van der Waals surface area contributed by atoms with Crippen molar-refractivity contribution in [2.75, 3.05) is 50.9 Å². The van der Waals surface area contributed by atoms with Gasteiger partial charge in [0.2, 0.25) is 5.95 Å². The van der Waals surface area contributed by atoms with Gasteiger partial charge in [0.15, 0.2) is 11.6 Å². The van der Waals surface area contributed by atoms with Crippen LogP contribution in [0.4, 0.5) is 19.7 Å². The predicted molar refractivity (Wildman–Crippen MR) is 150 cm³/mol. The number of fused-ring (bicyclic) bond motifs is 4. The maximum absolute atomic E-state index is 16.6. The number of nitrogens with two attached hydrogens (primary N) is 1. The van der Waals surface area contributed by atoms with Gasteiger partial charge in [-0.1, -0.05) is 0 Å². The Morgan fingerprint density at radius 1 is 1.12 bits per heavy atom. The number of ether oxygens (including phenoxy) is 1. The van der Waals surface area contributed by atoms with E-state index < -0.39 is 11.6 Å². The number of anilines is 2. The molecule has 0 bridgehead atoms. The summed E-state index contributed by atoms with van der Waals surface area (Å²) >= 11 is 0.960. The molecule has 2 N–H and O–H groups in total. The molecule has 3 aliphatic heterocycles. The van der Waals surface area contributed by atoms with Crippen LogP contribution >= 0.6 is 11.3 Å². The highest BCUT2D eigenvalue weighted by molar-refractivity contribution is 7.23. The smallest absolute Gasteiger partial charge is 0.226 e. The van der Waals surface area contributed by atoms with E-state index in [1.165, 1.54) is 0 Å². The van der Waals surface area contributed by atoms with Crippen molar-refractivity contribution >= 4 is 43.3 Å². The molecule has 1 aromatic carbocycles. The molecule has 0 amide bonds. The Morgan fingerprint density at radius 2 is 1.90 bits per heavy atom. The quantitative estimate of drug-likeness (QED) is 0.396. The molecular formula is C28H28F2N8OS. The molecule has 9 nitrogen and oxygen atoms in total. The van der Waals surface area contributed by atoms with Gasteiger partial charge < -0.3 is 20.3 Å². The van der Waals surface area contributed by atoms with Gasteiger partial charge in [-0.15, -0.1) is 11.3 Å². The number of pyridine rings is 1. The lowest BCUT2D eigenvalue weighted by Gasteiger charge is -2.30. The molecule has 40 heavy (non-hydrogen) atoms. The van der Waals surface area contributed by atoms with Crippen LogP contribution in [0.2, 0.25) is 0 Å².